The zero-order chi connectivity index (χ0) is 23.8. The van der Waals surface area contributed by atoms with Crippen molar-refractivity contribution >= 4 is 33.7 Å². The largest absolute Gasteiger partial charge is 0.370 e. The van der Waals surface area contributed by atoms with E-state index in [-0.39, 0.29) is 11.6 Å². The molecule has 9 heteroatoms. The van der Waals surface area contributed by atoms with E-state index < -0.39 is 0 Å². The second kappa shape index (κ2) is 8.75. The first-order valence-electron chi connectivity index (χ1n) is 11.8. The van der Waals surface area contributed by atoms with Crippen molar-refractivity contribution in [3.05, 3.63) is 71.5 Å². The van der Waals surface area contributed by atoms with E-state index in [1.54, 1.807) is 17.1 Å². The number of aromatic nitrogens is 5. The smallest absolute Gasteiger partial charge is 0.332 e. The lowest BCUT2D eigenvalue weighted by Crippen LogP contribution is -2.27. The van der Waals surface area contributed by atoms with Gasteiger partial charge in [0.2, 0.25) is 5.91 Å². The Morgan fingerprint density at radius 2 is 1.97 bits per heavy atom. The van der Waals surface area contributed by atoms with Crippen molar-refractivity contribution in [1.82, 2.24) is 29.4 Å². The number of pyridine rings is 1. The number of H-pyrrole nitrogens is 2. The summed E-state index contributed by atoms with van der Waals surface area (Å²) in [5.74, 6) is 0.854. The van der Waals surface area contributed by atoms with Crippen LogP contribution >= 0.6 is 0 Å². The summed E-state index contributed by atoms with van der Waals surface area (Å²) in [5, 5.41) is 4.41. The first-order valence-corrected chi connectivity index (χ1v) is 11.8. The van der Waals surface area contributed by atoms with Crippen molar-refractivity contribution in [3.8, 4) is 16.9 Å². The zero-order valence-electron chi connectivity index (χ0n) is 19.1. The molecule has 5 aromatic rings. The number of likely N-dealkylation sites (tertiary alicyclic amines) is 1. The Morgan fingerprint density at radius 1 is 1.06 bits per heavy atom. The van der Waals surface area contributed by atoms with Gasteiger partial charge in [0, 0.05) is 43.2 Å². The number of nitrogens with zero attached hydrogens (tertiary/aromatic N) is 4. The highest BCUT2D eigenvalue weighted by molar-refractivity contribution is 5.96. The Labute approximate surface area is 200 Å². The Hall–Kier alpha value is -4.40. The number of carbonyl (C=O) groups is 1. The normalized spacial score (nSPS) is 13.8. The molecule has 1 amide bonds. The highest BCUT2D eigenvalue weighted by atomic mass is 16.2. The molecule has 0 atom stereocenters. The Balaban J connectivity index is 1.42. The monoisotopic (exact) mass is 467 g/mol. The molecule has 0 unspecified atom stereocenters. The molecule has 6 rings (SSSR count). The first kappa shape index (κ1) is 21.2. The van der Waals surface area contributed by atoms with Crippen molar-refractivity contribution in [2.75, 3.05) is 25.0 Å². The van der Waals surface area contributed by atoms with Gasteiger partial charge in [0.1, 0.15) is 11.5 Å². The second-order valence-corrected chi connectivity index (χ2v) is 8.74. The predicted octanol–water partition coefficient (Wildman–Crippen LogP) is 3.68. The lowest BCUT2D eigenvalue weighted by atomic mass is 10.1. The molecule has 9 nitrogen and oxygen atoms in total. The van der Waals surface area contributed by atoms with Crippen LogP contribution in [0, 0.1) is 0 Å². The van der Waals surface area contributed by atoms with Crippen LogP contribution in [0.4, 0.5) is 5.82 Å². The van der Waals surface area contributed by atoms with E-state index >= 15 is 0 Å². The lowest BCUT2D eigenvalue weighted by Gasteiger charge is -2.16. The lowest BCUT2D eigenvalue weighted by molar-refractivity contribution is -0.127. The minimum absolute atomic E-state index is 0.223. The van der Waals surface area contributed by atoms with Crippen LogP contribution in [0.25, 0.3) is 38.9 Å². The van der Waals surface area contributed by atoms with Gasteiger partial charge in [-0.3, -0.25) is 19.3 Å². The van der Waals surface area contributed by atoms with Crippen LogP contribution in [0.15, 0.2) is 65.8 Å². The van der Waals surface area contributed by atoms with Crippen molar-refractivity contribution in [1.29, 1.82) is 0 Å². The van der Waals surface area contributed by atoms with E-state index in [1.165, 1.54) is 0 Å². The average molecular weight is 468 g/mol. The quantitative estimate of drug-likeness (QED) is 0.316. The fourth-order valence-corrected chi connectivity index (χ4v) is 4.85. The number of anilines is 1. The second-order valence-electron chi connectivity index (χ2n) is 8.74. The van der Waals surface area contributed by atoms with Gasteiger partial charge in [0.25, 0.3) is 0 Å². The van der Waals surface area contributed by atoms with Gasteiger partial charge >= 0.3 is 5.69 Å². The summed E-state index contributed by atoms with van der Waals surface area (Å²) in [6.07, 6.45) is 5.76. The van der Waals surface area contributed by atoms with Crippen molar-refractivity contribution in [3.63, 3.8) is 0 Å². The van der Waals surface area contributed by atoms with Gasteiger partial charge in [0.15, 0.2) is 0 Å². The number of fused-ring (bicyclic) bond motifs is 2. The Bertz CT molecular complexity index is 1590. The Kier molecular flexibility index (Phi) is 5.29. The van der Waals surface area contributed by atoms with Crippen molar-refractivity contribution in [2.45, 2.75) is 19.3 Å². The number of carbonyl (C=O) groups excluding carboxylic acids is 1. The number of aromatic amines is 2. The Morgan fingerprint density at radius 3 is 2.86 bits per heavy atom. The third kappa shape index (κ3) is 3.84. The molecule has 1 saturated heterocycles. The number of hydrogen-bond acceptors (Lipinski definition) is 5. The summed E-state index contributed by atoms with van der Waals surface area (Å²) >= 11 is 0. The van der Waals surface area contributed by atoms with Gasteiger partial charge in [-0.2, -0.15) is 0 Å². The standard InChI is InChI=1S/C26H25N7O2/c34-22-8-3-13-32(22)14-4-12-28-25-24(19-7-1-5-17-6-2-11-27-23(17)19)33(26(35)31-25)18-9-10-20-21(15-18)30-16-29-20/h1-2,5-7,9-11,15-16,28H,3-4,8,12-14H2,(H,29,30)(H,31,35). The summed E-state index contributed by atoms with van der Waals surface area (Å²) in [6, 6.07) is 15.6. The molecule has 0 aliphatic carbocycles. The van der Waals surface area contributed by atoms with E-state index in [9.17, 15) is 9.59 Å². The van der Waals surface area contributed by atoms with Gasteiger partial charge < -0.3 is 15.2 Å². The molecule has 1 fully saturated rings. The van der Waals surface area contributed by atoms with Crippen LogP contribution < -0.4 is 11.0 Å². The molecular formula is C26H25N7O2. The minimum atomic E-state index is -0.246. The summed E-state index contributed by atoms with van der Waals surface area (Å²) in [7, 11) is 0. The highest BCUT2D eigenvalue weighted by Gasteiger charge is 2.21. The molecule has 4 heterocycles. The molecule has 2 aromatic carbocycles. The third-order valence-electron chi connectivity index (χ3n) is 6.52. The van der Waals surface area contributed by atoms with Crippen LogP contribution in [0.5, 0.6) is 0 Å². The number of benzene rings is 2. The first-order chi connectivity index (χ1) is 17.2. The molecular weight excluding hydrogens is 442 g/mol. The average Bonchev–Trinajstić information content (AvgIpc) is 3.59. The third-order valence-corrected chi connectivity index (χ3v) is 6.52. The molecule has 1 aliphatic rings. The summed E-state index contributed by atoms with van der Waals surface area (Å²) < 4.78 is 1.68. The van der Waals surface area contributed by atoms with E-state index in [2.05, 4.69) is 25.3 Å². The van der Waals surface area contributed by atoms with E-state index in [1.807, 2.05) is 53.4 Å². The van der Waals surface area contributed by atoms with Crippen LogP contribution in [0.2, 0.25) is 0 Å². The maximum absolute atomic E-state index is 13.3. The fraction of sp³-hybridized carbons (Fsp3) is 0.231. The molecule has 0 saturated carbocycles. The molecule has 0 spiro atoms. The maximum atomic E-state index is 13.3. The molecule has 0 radical (unpaired) electrons. The highest BCUT2D eigenvalue weighted by Crippen LogP contribution is 2.33. The van der Waals surface area contributed by atoms with Gasteiger partial charge in [-0.05, 0) is 37.1 Å². The molecule has 1 aliphatic heterocycles. The van der Waals surface area contributed by atoms with Crippen molar-refractivity contribution in [2.24, 2.45) is 0 Å². The molecule has 3 aromatic heterocycles. The SMILES string of the molecule is O=C1CCCN1CCCNc1[nH]c(=O)n(-c2ccc3nc[nH]c3c2)c1-c1cccc2cccnc12. The summed E-state index contributed by atoms with van der Waals surface area (Å²) in [6.45, 7) is 2.15. The maximum Gasteiger partial charge on any atom is 0.332 e. The summed E-state index contributed by atoms with van der Waals surface area (Å²) in [4.78, 5) is 42.2. The van der Waals surface area contributed by atoms with E-state index in [0.717, 1.165) is 58.3 Å². The van der Waals surface area contributed by atoms with E-state index in [4.69, 9.17) is 0 Å². The number of para-hydroxylation sites is 1. The molecule has 3 N–H and O–H groups in total. The predicted molar refractivity (Wildman–Crippen MR) is 136 cm³/mol. The van der Waals surface area contributed by atoms with Gasteiger partial charge in [0.05, 0.1) is 28.6 Å². The van der Waals surface area contributed by atoms with Crippen LogP contribution in [-0.2, 0) is 4.79 Å². The number of hydrogen-bond donors (Lipinski definition) is 3. The number of amides is 1. The number of nitrogens with one attached hydrogen (secondary N) is 3. The fourth-order valence-electron chi connectivity index (χ4n) is 4.85. The van der Waals surface area contributed by atoms with Gasteiger partial charge in [-0.15, -0.1) is 0 Å². The number of rotatable bonds is 7. The minimum Gasteiger partial charge on any atom is -0.370 e. The van der Waals surface area contributed by atoms with Crippen LogP contribution in [-0.4, -0.2) is 54.9 Å². The van der Waals surface area contributed by atoms with Gasteiger partial charge in [-0.25, -0.2) is 9.78 Å². The van der Waals surface area contributed by atoms with Crippen molar-refractivity contribution < 1.29 is 4.79 Å². The number of imidazole rings is 2. The molecule has 0 bridgehead atoms. The topological polar surface area (TPSA) is 112 Å². The van der Waals surface area contributed by atoms with E-state index in [0.29, 0.717) is 25.3 Å². The molecule has 35 heavy (non-hydrogen) atoms. The van der Waals surface area contributed by atoms with Gasteiger partial charge in [-0.1, -0.05) is 24.3 Å². The zero-order valence-corrected chi connectivity index (χ0v) is 19.1. The molecule has 176 valence electrons. The summed E-state index contributed by atoms with van der Waals surface area (Å²) in [5.41, 5.74) is 4.54. The van der Waals surface area contributed by atoms with Crippen LogP contribution in [0.3, 0.4) is 0 Å². The van der Waals surface area contributed by atoms with Crippen LogP contribution in [0.1, 0.15) is 19.3 Å².